The van der Waals surface area contributed by atoms with E-state index in [1.54, 1.807) is 17.7 Å². The molecule has 0 aliphatic heterocycles. The van der Waals surface area contributed by atoms with Crippen LogP contribution < -0.4 is 0 Å². The van der Waals surface area contributed by atoms with Crippen molar-refractivity contribution in [3.05, 3.63) is 17.7 Å². The first-order chi connectivity index (χ1) is 13.5. The SMILES string of the molecule is CCCCCCCCCCCCCCCCc1nc(C(C)O)cn1CC(=O)O. The Hall–Kier alpha value is -1.36. The van der Waals surface area contributed by atoms with Gasteiger partial charge < -0.3 is 14.8 Å². The Morgan fingerprint density at radius 3 is 1.82 bits per heavy atom. The number of aliphatic hydroxyl groups is 1. The first kappa shape index (κ1) is 24.7. The zero-order valence-electron chi connectivity index (χ0n) is 18.2. The Morgan fingerprint density at radius 1 is 0.929 bits per heavy atom. The van der Waals surface area contributed by atoms with Gasteiger partial charge >= 0.3 is 5.97 Å². The highest BCUT2D eigenvalue weighted by molar-refractivity contribution is 5.66. The van der Waals surface area contributed by atoms with E-state index in [0.29, 0.717) is 5.69 Å². The van der Waals surface area contributed by atoms with Crippen LogP contribution in [-0.4, -0.2) is 25.7 Å². The van der Waals surface area contributed by atoms with E-state index >= 15 is 0 Å². The number of carboxylic acid groups (broad SMARTS) is 1. The van der Waals surface area contributed by atoms with E-state index in [0.717, 1.165) is 25.1 Å². The number of aliphatic carboxylic acids is 1. The van der Waals surface area contributed by atoms with E-state index in [9.17, 15) is 9.90 Å². The van der Waals surface area contributed by atoms with E-state index < -0.39 is 12.1 Å². The highest BCUT2D eigenvalue weighted by Gasteiger charge is 2.13. The lowest BCUT2D eigenvalue weighted by Gasteiger charge is -2.05. The minimum atomic E-state index is -0.878. The van der Waals surface area contributed by atoms with Crippen LogP contribution in [0.1, 0.15) is 121 Å². The van der Waals surface area contributed by atoms with Crippen LogP contribution in [0.3, 0.4) is 0 Å². The molecule has 0 saturated heterocycles. The summed E-state index contributed by atoms with van der Waals surface area (Å²) in [6.45, 7) is 3.83. The number of hydrogen-bond acceptors (Lipinski definition) is 3. The highest BCUT2D eigenvalue weighted by Crippen LogP contribution is 2.16. The third kappa shape index (κ3) is 11.5. The van der Waals surface area contributed by atoms with Gasteiger partial charge in [-0.3, -0.25) is 4.79 Å². The maximum atomic E-state index is 11.0. The summed E-state index contributed by atoms with van der Waals surface area (Å²) in [7, 11) is 0. The molecule has 5 nitrogen and oxygen atoms in total. The molecule has 0 aliphatic carbocycles. The summed E-state index contributed by atoms with van der Waals surface area (Å²) in [4.78, 5) is 15.4. The van der Waals surface area contributed by atoms with Gasteiger partial charge in [-0.25, -0.2) is 4.98 Å². The lowest BCUT2D eigenvalue weighted by Crippen LogP contribution is -2.11. The maximum Gasteiger partial charge on any atom is 0.323 e. The van der Waals surface area contributed by atoms with Crippen molar-refractivity contribution in [3.63, 3.8) is 0 Å². The van der Waals surface area contributed by atoms with Gasteiger partial charge in [0.25, 0.3) is 0 Å². The van der Waals surface area contributed by atoms with Crippen LogP contribution in [0.15, 0.2) is 6.20 Å². The second kappa shape index (κ2) is 15.5. The molecule has 1 heterocycles. The molecule has 1 unspecified atom stereocenters. The van der Waals surface area contributed by atoms with Crippen LogP contribution in [0.2, 0.25) is 0 Å². The van der Waals surface area contributed by atoms with Crippen molar-refractivity contribution in [2.75, 3.05) is 0 Å². The molecule has 0 radical (unpaired) electrons. The van der Waals surface area contributed by atoms with Gasteiger partial charge in [-0.15, -0.1) is 0 Å². The zero-order valence-corrected chi connectivity index (χ0v) is 18.2. The van der Waals surface area contributed by atoms with E-state index in [2.05, 4.69) is 11.9 Å². The predicted octanol–water partition coefficient (Wildman–Crippen LogP) is 6.04. The van der Waals surface area contributed by atoms with Gasteiger partial charge in [-0.05, 0) is 13.3 Å². The summed E-state index contributed by atoms with van der Waals surface area (Å²) in [6.07, 6.45) is 20.3. The summed E-state index contributed by atoms with van der Waals surface area (Å²) >= 11 is 0. The van der Waals surface area contributed by atoms with Gasteiger partial charge in [0, 0.05) is 12.6 Å². The Balaban J connectivity index is 2.05. The van der Waals surface area contributed by atoms with Crippen molar-refractivity contribution >= 4 is 5.97 Å². The molecule has 1 rings (SSSR count). The third-order valence-corrected chi connectivity index (χ3v) is 5.37. The molecular weight excluding hydrogens is 352 g/mol. The number of aromatic nitrogens is 2. The van der Waals surface area contributed by atoms with Crippen LogP contribution in [0.5, 0.6) is 0 Å². The molecule has 1 atom stereocenters. The van der Waals surface area contributed by atoms with Crippen LogP contribution in [0.25, 0.3) is 0 Å². The maximum absolute atomic E-state index is 11.0. The standard InChI is InChI=1S/C23H42N2O3/c1-3-4-5-6-7-8-9-10-11-12-13-14-15-16-17-22-24-21(20(2)26)18-25(22)19-23(27)28/h18,20,26H,3-17,19H2,1-2H3,(H,27,28). The van der Waals surface area contributed by atoms with Gasteiger partial charge in [0.1, 0.15) is 12.4 Å². The molecule has 0 fully saturated rings. The molecular formula is C23H42N2O3. The summed E-state index contributed by atoms with van der Waals surface area (Å²) in [5, 5.41) is 18.7. The predicted molar refractivity (Wildman–Crippen MR) is 115 cm³/mol. The molecule has 28 heavy (non-hydrogen) atoms. The van der Waals surface area contributed by atoms with Crippen LogP contribution >= 0.6 is 0 Å². The minimum Gasteiger partial charge on any atom is -0.480 e. The molecule has 5 heteroatoms. The summed E-state index contributed by atoms with van der Waals surface area (Å²) < 4.78 is 1.66. The average Bonchev–Trinajstić information content (AvgIpc) is 3.04. The Kier molecular flexibility index (Phi) is 13.7. The van der Waals surface area contributed by atoms with Crippen molar-refractivity contribution in [1.82, 2.24) is 9.55 Å². The van der Waals surface area contributed by atoms with Gasteiger partial charge in [-0.2, -0.15) is 0 Å². The van der Waals surface area contributed by atoms with Crippen molar-refractivity contribution < 1.29 is 15.0 Å². The number of unbranched alkanes of at least 4 members (excludes halogenated alkanes) is 13. The van der Waals surface area contributed by atoms with Crippen molar-refractivity contribution in [2.45, 2.75) is 123 Å². The molecule has 0 saturated carbocycles. The number of carbonyl (C=O) groups is 1. The molecule has 162 valence electrons. The second-order valence-electron chi connectivity index (χ2n) is 8.13. The second-order valence-corrected chi connectivity index (χ2v) is 8.13. The van der Waals surface area contributed by atoms with E-state index in [1.165, 1.54) is 77.0 Å². The molecule has 0 amide bonds. The topological polar surface area (TPSA) is 75.4 Å². The zero-order chi connectivity index (χ0) is 20.6. The monoisotopic (exact) mass is 394 g/mol. The molecule has 0 aromatic carbocycles. The van der Waals surface area contributed by atoms with E-state index in [-0.39, 0.29) is 6.54 Å². The summed E-state index contributed by atoms with van der Waals surface area (Å²) in [5.41, 5.74) is 0.557. The molecule has 0 aliphatic rings. The number of aryl methyl sites for hydroxylation is 1. The van der Waals surface area contributed by atoms with Gasteiger partial charge in [-0.1, -0.05) is 90.4 Å². The number of aliphatic hydroxyl groups excluding tert-OH is 1. The highest BCUT2D eigenvalue weighted by atomic mass is 16.4. The number of carboxylic acids is 1. The Morgan fingerprint density at radius 2 is 1.39 bits per heavy atom. The largest absolute Gasteiger partial charge is 0.480 e. The van der Waals surface area contributed by atoms with Crippen LogP contribution in [0, 0.1) is 0 Å². The first-order valence-corrected chi connectivity index (χ1v) is 11.5. The fraction of sp³-hybridized carbons (Fsp3) is 0.826. The molecule has 1 aromatic heterocycles. The number of rotatable bonds is 18. The summed E-state index contributed by atoms with van der Waals surface area (Å²) in [6, 6.07) is 0. The first-order valence-electron chi connectivity index (χ1n) is 11.5. The average molecular weight is 395 g/mol. The van der Waals surface area contributed by atoms with E-state index in [1.807, 2.05) is 0 Å². The number of imidazole rings is 1. The molecule has 0 spiro atoms. The molecule has 0 bridgehead atoms. The van der Waals surface area contributed by atoms with E-state index in [4.69, 9.17) is 5.11 Å². The minimum absolute atomic E-state index is 0.0896. The fourth-order valence-electron chi connectivity index (χ4n) is 3.64. The smallest absolute Gasteiger partial charge is 0.323 e. The summed E-state index contributed by atoms with van der Waals surface area (Å²) in [5.74, 6) is -0.103. The quantitative estimate of drug-likeness (QED) is 0.297. The lowest BCUT2D eigenvalue weighted by atomic mass is 10.0. The van der Waals surface area contributed by atoms with Crippen molar-refractivity contribution in [3.8, 4) is 0 Å². The van der Waals surface area contributed by atoms with Gasteiger partial charge in [0.15, 0.2) is 0 Å². The Labute approximate surface area is 171 Å². The van der Waals surface area contributed by atoms with Crippen molar-refractivity contribution in [2.24, 2.45) is 0 Å². The number of hydrogen-bond donors (Lipinski definition) is 2. The van der Waals surface area contributed by atoms with Crippen molar-refractivity contribution in [1.29, 1.82) is 0 Å². The Bertz CT molecular complexity index is 526. The van der Waals surface area contributed by atoms with Crippen LogP contribution in [0.4, 0.5) is 0 Å². The molecule has 1 aromatic rings. The normalized spacial score (nSPS) is 12.4. The van der Waals surface area contributed by atoms with Gasteiger partial charge in [0.05, 0.1) is 11.8 Å². The fourth-order valence-corrected chi connectivity index (χ4v) is 3.64. The lowest BCUT2D eigenvalue weighted by molar-refractivity contribution is -0.137. The van der Waals surface area contributed by atoms with Crippen LogP contribution in [-0.2, 0) is 17.8 Å². The third-order valence-electron chi connectivity index (χ3n) is 5.37. The molecule has 2 N–H and O–H groups in total. The van der Waals surface area contributed by atoms with Gasteiger partial charge in [0.2, 0.25) is 0 Å². The number of nitrogens with zero attached hydrogens (tertiary/aromatic N) is 2.